The van der Waals surface area contributed by atoms with Crippen molar-refractivity contribution in [2.75, 3.05) is 6.61 Å². The maximum Gasteiger partial charge on any atom is 0.279 e. The van der Waals surface area contributed by atoms with Crippen molar-refractivity contribution in [2.24, 2.45) is 17.8 Å². The second-order valence-corrected chi connectivity index (χ2v) is 12.8. The lowest BCUT2D eigenvalue weighted by atomic mass is 9.77. The number of halogens is 6. The molecule has 0 aliphatic heterocycles. The first-order valence-corrected chi connectivity index (χ1v) is 16.7. The first-order chi connectivity index (χ1) is 20.7. The summed E-state index contributed by atoms with van der Waals surface area (Å²) >= 11 is 0. The molecule has 2 aromatic rings. The molecule has 0 bridgehead atoms. The second-order valence-electron chi connectivity index (χ2n) is 12.8. The fraction of sp³-hybridized carbons (Fsp3) is 0.667. The van der Waals surface area contributed by atoms with Gasteiger partial charge in [-0.3, -0.25) is 0 Å². The van der Waals surface area contributed by atoms with E-state index in [0.29, 0.717) is 12.8 Å². The summed E-state index contributed by atoms with van der Waals surface area (Å²) in [5.41, 5.74) is -2.05. The topological polar surface area (TPSA) is 9.23 Å². The summed E-state index contributed by atoms with van der Waals surface area (Å²) in [6.07, 6.45) is 15.1. The highest BCUT2D eigenvalue weighted by Crippen LogP contribution is 2.49. The fourth-order valence-corrected chi connectivity index (χ4v) is 6.88. The molecule has 0 spiro atoms. The first kappa shape index (κ1) is 33.7. The third-order valence-electron chi connectivity index (χ3n) is 9.68. The summed E-state index contributed by atoms with van der Waals surface area (Å²) in [7, 11) is 0. The minimum atomic E-state index is -3.53. The molecule has 0 aromatic heterocycles. The van der Waals surface area contributed by atoms with Gasteiger partial charge < -0.3 is 4.74 Å². The van der Waals surface area contributed by atoms with Gasteiger partial charge >= 0.3 is 0 Å². The van der Waals surface area contributed by atoms with Crippen LogP contribution in [0.5, 0.6) is 5.75 Å². The standard InChI is InChI=1S/C36H48F6O/c1-3-5-6-7-8-9-12-15-27-19-18-26-23-29(33(38)35(40)31(26)36(27,41)42)28-20-21-30(34(39)32(28)37)43-22-13-10-11-14-24(4-2)25-16-17-25/h20-21,23-25,27H,3-19,22H2,1-2H3. The normalized spacial score (nSPS) is 18.5. The van der Waals surface area contributed by atoms with E-state index in [4.69, 9.17) is 4.74 Å². The van der Waals surface area contributed by atoms with Gasteiger partial charge in [-0.05, 0) is 74.1 Å². The third kappa shape index (κ3) is 8.30. The zero-order chi connectivity index (χ0) is 31.0. The second kappa shape index (κ2) is 15.7. The number of hydrogen-bond acceptors (Lipinski definition) is 1. The number of fused-ring (bicyclic) bond motifs is 1. The molecule has 2 aromatic carbocycles. The minimum Gasteiger partial charge on any atom is -0.490 e. The third-order valence-corrected chi connectivity index (χ3v) is 9.68. The van der Waals surface area contributed by atoms with Crippen molar-refractivity contribution in [2.45, 2.75) is 129 Å². The average molecular weight is 611 g/mol. The molecule has 1 nitrogen and oxygen atoms in total. The number of aryl methyl sites for hydroxylation is 1. The minimum absolute atomic E-state index is 0.0538. The Morgan fingerprint density at radius 2 is 1.44 bits per heavy atom. The van der Waals surface area contributed by atoms with Gasteiger partial charge in [0.2, 0.25) is 5.82 Å². The monoisotopic (exact) mass is 610 g/mol. The van der Waals surface area contributed by atoms with E-state index in [-0.39, 0.29) is 37.2 Å². The van der Waals surface area contributed by atoms with E-state index in [1.807, 2.05) is 0 Å². The van der Waals surface area contributed by atoms with E-state index in [1.54, 1.807) is 0 Å². The van der Waals surface area contributed by atoms with Gasteiger partial charge in [0.15, 0.2) is 23.2 Å². The van der Waals surface area contributed by atoms with E-state index in [9.17, 15) is 4.39 Å². The summed E-state index contributed by atoms with van der Waals surface area (Å²) < 4.78 is 96.9. The number of hydrogen-bond donors (Lipinski definition) is 0. The number of alkyl halides is 2. The van der Waals surface area contributed by atoms with Crippen LogP contribution < -0.4 is 4.74 Å². The Labute approximate surface area is 253 Å². The van der Waals surface area contributed by atoms with Crippen molar-refractivity contribution in [3.05, 3.63) is 52.6 Å². The molecule has 0 heterocycles. The summed E-state index contributed by atoms with van der Waals surface area (Å²) in [4.78, 5) is 0. The molecule has 0 saturated heterocycles. The van der Waals surface area contributed by atoms with Crippen LogP contribution in [0, 0.1) is 41.0 Å². The van der Waals surface area contributed by atoms with Gasteiger partial charge in [0.05, 0.1) is 12.2 Å². The Bertz CT molecular complexity index is 1190. The molecule has 1 fully saturated rings. The molecule has 2 unspecified atom stereocenters. The zero-order valence-electron chi connectivity index (χ0n) is 25.9. The Hall–Kier alpha value is -2.18. The summed E-state index contributed by atoms with van der Waals surface area (Å²) in [6.45, 7) is 4.57. The van der Waals surface area contributed by atoms with E-state index >= 15 is 22.0 Å². The molecule has 0 radical (unpaired) electrons. The van der Waals surface area contributed by atoms with E-state index in [2.05, 4.69) is 13.8 Å². The van der Waals surface area contributed by atoms with Crippen LogP contribution in [-0.2, 0) is 12.3 Å². The molecule has 240 valence electrons. The molecule has 2 aliphatic carbocycles. The molecule has 43 heavy (non-hydrogen) atoms. The molecule has 2 aliphatic rings. The summed E-state index contributed by atoms with van der Waals surface area (Å²) in [6, 6.07) is 3.39. The van der Waals surface area contributed by atoms with E-state index in [0.717, 1.165) is 68.9 Å². The Morgan fingerprint density at radius 3 is 2.14 bits per heavy atom. The highest BCUT2D eigenvalue weighted by molar-refractivity contribution is 5.68. The Balaban J connectivity index is 1.37. The average Bonchev–Trinajstić information content (AvgIpc) is 3.82. The van der Waals surface area contributed by atoms with Crippen molar-refractivity contribution >= 4 is 0 Å². The van der Waals surface area contributed by atoms with E-state index < -0.39 is 51.8 Å². The number of benzene rings is 2. The highest BCUT2D eigenvalue weighted by atomic mass is 19.3. The van der Waals surface area contributed by atoms with E-state index in [1.165, 1.54) is 38.2 Å². The smallest absolute Gasteiger partial charge is 0.279 e. The lowest BCUT2D eigenvalue weighted by Crippen LogP contribution is -2.33. The Kier molecular flexibility index (Phi) is 12.3. The molecule has 0 amide bonds. The quantitative estimate of drug-likeness (QED) is 0.121. The van der Waals surface area contributed by atoms with Crippen LogP contribution in [0.2, 0.25) is 0 Å². The highest BCUT2D eigenvalue weighted by Gasteiger charge is 2.48. The van der Waals surface area contributed by atoms with Crippen LogP contribution >= 0.6 is 0 Å². The fourth-order valence-electron chi connectivity index (χ4n) is 6.88. The number of rotatable bonds is 18. The van der Waals surface area contributed by atoms with Crippen LogP contribution in [0.15, 0.2) is 18.2 Å². The molecular formula is C36H48F6O. The van der Waals surface area contributed by atoms with Crippen molar-refractivity contribution in [3.8, 4) is 16.9 Å². The summed E-state index contributed by atoms with van der Waals surface area (Å²) in [5, 5.41) is 0. The van der Waals surface area contributed by atoms with Crippen LogP contribution in [0.1, 0.15) is 128 Å². The van der Waals surface area contributed by atoms with Crippen molar-refractivity contribution in [1.82, 2.24) is 0 Å². The molecular weight excluding hydrogens is 562 g/mol. The van der Waals surface area contributed by atoms with Crippen molar-refractivity contribution in [1.29, 1.82) is 0 Å². The lowest BCUT2D eigenvalue weighted by Gasteiger charge is -2.34. The van der Waals surface area contributed by atoms with Gasteiger partial charge in [0, 0.05) is 17.0 Å². The number of ether oxygens (including phenoxy) is 1. The van der Waals surface area contributed by atoms with Crippen molar-refractivity contribution in [3.63, 3.8) is 0 Å². The molecule has 7 heteroatoms. The molecule has 4 rings (SSSR count). The lowest BCUT2D eigenvalue weighted by molar-refractivity contribution is -0.0823. The van der Waals surface area contributed by atoms with Gasteiger partial charge in [-0.1, -0.05) is 84.5 Å². The van der Waals surface area contributed by atoms with Crippen LogP contribution in [-0.4, -0.2) is 6.61 Å². The molecule has 2 atom stereocenters. The van der Waals surface area contributed by atoms with Gasteiger partial charge in [-0.25, -0.2) is 22.0 Å². The predicted octanol–water partition coefficient (Wildman–Crippen LogP) is 12.1. The summed E-state index contributed by atoms with van der Waals surface area (Å²) in [5.74, 6) is -9.20. The van der Waals surface area contributed by atoms with Crippen LogP contribution in [0.4, 0.5) is 26.3 Å². The largest absolute Gasteiger partial charge is 0.490 e. The zero-order valence-corrected chi connectivity index (χ0v) is 25.9. The maximum atomic E-state index is 15.4. The van der Waals surface area contributed by atoms with Crippen LogP contribution in [0.25, 0.3) is 11.1 Å². The van der Waals surface area contributed by atoms with Gasteiger partial charge in [-0.2, -0.15) is 4.39 Å². The van der Waals surface area contributed by atoms with Gasteiger partial charge in [0.25, 0.3) is 5.92 Å². The van der Waals surface area contributed by atoms with Crippen LogP contribution in [0.3, 0.4) is 0 Å². The maximum absolute atomic E-state index is 15.4. The first-order valence-electron chi connectivity index (χ1n) is 16.7. The molecule has 1 saturated carbocycles. The van der Waals surface area contributed by atoms with Gasteiger partial charge in [0.1, 0.15) is 0 Å². The number of unbranched alkanes of at least 4 members (excludes halogenated alkanes) is 8. The SMILES string of the molecule is CCCCCCCCCC1CCc2cc(-c3ccc(OCCCCCC(CC)C4CC4)c(F)c3F)c(F)c(F)c2C1(F)F. The Morgan fingerprint density at radius 1 is 0.767 bits per heavy atom. The van der Waals surface area contributed by atoms with Crippen molar-refractivity contribution < 1.29 is 31.1 Å². The van der Waals surface area contributed by atoms with Gasteiger partial charge in [-0.15, -0.1) is 0 Å². The molecule has 0 N–H and O–H groups in total. The predicted molar refractivity (Wildman–Crippen MR) is 160 cm³/mol.